The third kappa shape index (κ3) is 3.57. The molecule has 0 bridgehead atoms. The number of imidazole rings is 1. The zero-order chi connectivity index (χ0) is 16.2. The van der Waals surface area contributed by atoms with Crippen molar-refractivity contribution in [2.75, 3.05) is 7.11 Å². The number of aromatic amines is 1. The lowest BCUT2D eigenvalue weighted by molar-refractivity contribution is 0.200. The first kappa shape index (κ1) is 15.6. The van der Waals surface area contributed by atoms with Crippen LogP contribution in [0.1, 0.15) is 44.2 Å². The van der Waals surface area contributed by atoms with Gasteiger partial charge in [-0.05, 0) is 25.7 Å². The van der Waals surface area contributed by atoms with Gasteiger partial charge in [0.25, 0.3) is 0 Å². The van der Waals surface area contributed by atoms with Crippen molar-refractivity contribution < 1.29 is 9.47 Å². The number of ether oxygens (including phenoxy) is 2. The van der Waals surface area contributed by atoms with E-state index < -0.39 is 0 Å². The van der Waals surface area contributed by atoms with Crippen molar-refractivity contribution in [1.29, 1.82) is 0 Å². The predicted molar refractivity (Wildman–Crippen MR) is 87.1 cm³/mol. The average Bonchev–Trinajstić information content (AvgIpc) is 3.20. The summed E-state index contributed by atoms with van der Waals surface area (Å²) in [6.45, 7) is 2.62. The van der Waals surface area contributed by atoms with Gasteiger partial charge in [0.05, 0.1) is 19.4 Å². The number of hydrogen-bond acceptors (Lipinski definition) is 4. The molecule has 2 aromatic rings. The molecule has 0 spiro atoms. The molecule has 0 aromatic carbocycles. The molecule has 0 saturated heterocycles. The van der Waals surface area contributed by atoms with E-state index in [1.165, 1.54) is 12.8 Å². The van der Waals surface area contributed by atoms with Gasteiger partial charge in [-0.1, -0.05) is 6.92 Å². The Morgan fingerprint density at radius 1 is 1.39 bits per heavy atom. The molecule has 0 radical (unpaired) electrons. The zero-order valence-electron chi connectivity index (χ0n) is 13.6. The molecular weight excluding hydrogens is 294 g/mol. The van der Waals surface area contributed by atoms with E-state index in [1.807, 2.05) is 13.0 Å². The summed E-state index contributed by atoms with van der Waals surface area (Å²) in [7, 11) is 1.63. The van der Waals surface area contributed by atoms with E-state index in [4.69, 9.17) is 9.47 Å². The van der Waals surface area contributed by atoms with Gasteiger partial charge in [0.15, 0.2) is 11.5 Å². The molecule has 124 valence electrons. The van der Waals surface area contributed by atoms with Crippen LogP contribution in [0.5, 0.6) is 11.5 Å². The molecule has 1 aliphatic rings. The van der Waals surface area contributed by atoms with Crippen molar-refractivity contribution in [2.24, 2.45) is 0 Å². The second-order valence-corrected chi connectivity index (χ2v) is 6.10. The van der Waals surface area contributed by atoms with E-state index in [0.717, 1.165) is 24.3 Å². The molecule has 23 heavy (non-hydrogen) atoms. The van der Waals surface area contributed by atoms with Gasteiger partial charge in [0.2, 0.25) is 0 Å². The second-order valence-electron chi connectivity index (χ2n) is 6.10. The molecule has 2 aromatic heterocycles. The lowest BCUT2D eigenvalue weighted by atomic mass is 10.1. The van der Waals surface area contributed by atoms with Crippen LogP contribution in [0.15, 0.2) is 29.5 Å². The lowest BCUT2D eigenvalue weighted by Gasteiger charge is -2.18. The maximum atomic E-state index is 11.6. The van der Waals surface area contributed by atoms with Crippen molar-refractivity contribution in [2.45, 2.75) is 51.2 Å². The molecule has 0 aliphatic heterocycles. The average molecular weight is 317 g/mol. The molecule has 1 saturated carbocycles. The Morgan fingerprint density at radius 3 is 2.83 bits per heavy atom. The number of nitrogens with one attached hydrogen (secondary N) is 1. The van der Waals surface area contributed by atoms with Gasteiger partial charge >= 0.3 is 5.69 Å². The van der Waals surface area contributed by atoms with Gasteiger partial charge in [-0.3, -0.25) is 9.55 Å². The Hall–Kier alpha value is -2.24. The van der Waals surface area contributed by atoms with Crippen LogP contribution in [-0.4, -0.2) is 27.7 Å². The number of rotatable bonds is 6. The highest BCUT2D eigenvalue weighted by atomic mass is 16.5. The number of methoxy groups -OCH3 is 1. The Morgan fingerprint density at radius 2 is 2.17 bits per heavy atom. The maximum Gasteiger partial charge on any atom is 0.325 e. The molecule has 3 rings (SSSR count). The summed E-state index contributed by atoms with van der Waals surface area (Å²) < 4.78 is 13.1. The van der Waals surface area contributed by atoms with E-state index in [0.29, 0.717) is 12.3 Å². The third-order valence-electron chi connectivity index (χ3n) is 4.37. The zero-order valence-corrected chi connectivity index (χ0v) is 13.6. The number of H-pyrrole nitrogens is 1. The van der Waals surface area contributed by atoms with Gasteiger partial charge in [0, 0.05) is 36.6 Å². The van der Waals surface area contributed by atoms with Gasteiger partial charge in [-0.2, -0.15) is 0 Å². The smallest absolute Gasteiger partial charge is 0.325 e. The molecule has 1 atom stereocenters. The van der Waals surface area contributed by atoms with Crippen LogP contribution in [0, 0.1) is 0 Å². The van der Waals surface area contributed by atoms with Crippen molar-refractivity contribution in [3.05, 3.63) is 40.8 Å². The molecule has 1 fully saturated rings. The first-order valence-electron chi connectivity index (χ1n) is 8.11. The fourth-order valence-electron chi connectivity index (χ4n) is 3.02. The summed E-state index contributed by atoms with van der Waals surface area (Å²) in [5.41, 5.74) is 0.791. The normalized spacial score (nSPS) is 16.4. The highest BCUT2D eigenvalue weighted by molar-refractivity contribution is 5.40. The molecular formula is C17H23N3O3. The molecule has 2 heterocycles. The minimum absolute atomic E-state index is 0.0975. The maximum absolute atomic E-state index is 11.6. The Labute approximate surface area is 135 Å². The van der Waals surface area contributed by atoms with E-state index in [-0.39, 0.29) is 17.7 Å². The molecule has 0 amide bonds. The summed E-state index contributed by atoms with van der Waals surface area (Å²) in [6, 6.07) is 1.94. The van der Waals surface area contributed by atoms with Crippen LogP contribution >= 0.6 is 0 Å². The van der Waals surface area contributed by atoms with Crippen molar-refractivity contribution in [3.63, 3.8) is 0 Å². The quantitative estimate of drug-likeness (QED) is 0.889. The van der Waals surface area contributed by atoms with Crippen LogP contribution in [0.2, 0.25) is 0 Å². The van der Waals surface area contributed by atoms with E-state index in [2.05, 4.69) is 9.97 Å². The Kier molecular flexibility index (Phi) is 4.69. The van der Waals surface area contributed by atoms with Crippen LogP contribution in [0.3, 0.4) is 0 Å². The van der Waals surface area contributed by atoms with Crippen LogP contribution in [0.4, 0.5) is 0 Å². The molecule has 6 heteroatoms. The monoisotopic (exact) mass is 317 g/mol. The summed E-state index contributed by atoms with van der Waals surface area (Å²) >= 11 is 0. The number of aromatic nitrogens is 3. The second kappa shape index (κ2) is 6.89. The lowest BCUT2D eigenvalue weighted by Crippen LogP contribution is -2.19. The van der Waals surface area contributed by atoms with Crippen LogP contribution < -0.4 is 15.2 Å². The Bertz CT molecular complexity index is 701. The highest BCUT2D eigenvalue weighted by Crippen LogP contribution is 2.33. The van der Waals surface area contributed by atoms with Gasteiger partial charge in [-0.15, -0.1) is 0 Å². The van der Waals surface area contributed by atoms with Crippen molar-refractivity contribution in [3.8, 4) is 11.5 Å². The molecule has 1 unspecified atom stereocenters. The highest BCUT2D eigenvalue weighted by Gasteiger charge is 2.20. The van der Waals surface area contributed by atoms with Crippen molar-refractivity contribution >= 4 is 0 Å². The Balaban J connectivity index is 1.78. The summed E-state index contributed by atoms with van der Waals surface area (Å²) in [6.07, 6.45) is 9.99. The van der Waals surface area contributed by atoms with Crippen LogP contribution in [0.25, 0.3) is 0 Å². The third-order valence-corrected chi connectivity index (χ3v) is 4.37. The summed E-state index contributed by atoms with van der Waals surface area (Å²) in [5, 5.41) is 0. The molecule has 6 nitrogen and oxygen atoms in total. The minimum atomic E-state index is -0.104. The van der Waals surface area contributed by atoms with Crippen molar-refractivity contribution in [1.82, 2.24) is 14.5 Å². The largest absolute Gasteiger partial charge is 0.491 e. The number of nitrogens with zero attached hydrogens (tertiary/aromatic N) is 2. The van der Waals surface area contributed by atoms with E-state index >= 15 is 0 Å². The van der Waals surface area contributed by atoms with E-state index in [1.54, 1.807) is 30.3 Å². The topological polar surface area (TPSA) is 69.1 Å². The SMILES string of the molecule is COc1cnc(C(C)Cn2cc[nH]c2=O)cc1OC1CCCC1. The van der Waals surface area contributed by atoms with Crippen LogP contribution in [-0.2, 0) is 6.54 Å². The number of hydrogen-bond donors (Lipinski definition) is 1. The predicted octanol–water partition coefficient (Wildman–Crippen LogP) is 2.71. The number of pyridine rings is 1. The summed E-state index contributed by atoms with van der Waals surface area (Å²) in [5.74, 6) is 1.50. The van der Waals surface area contributed by atoms with Gasteiger partial charge in [-0.25, -0.2) is 4.79 Å². The van der Waals surface area contributed by atoms with Gasteiger partial charge in [0.1, 0.15) is 0 Å². The minimum Gasteiger partial charge on any atom is -0.491 e. The van der Waals surface area contributed by atoms with E-state index in [9.17, 15) is 4.79 Å². The fraction of sp³-hybridized carbons (Fsp3) is 0.529. The standard InChI is InChI=1S/C17H23N3O3/c1-12(11-20-8-7-18-17(20)21)14-9-15(16(22-2)10-19-14)23-13-5-3-4-6-13/h7-10,12-13H,3-6,11H2,1-2H3,(H,18,21). The molecule has 1 aliphatic carbocycles. The fourth-order valence-corrected chi connectivity index (χ4v) is 3.02. The molecule has 1 N–H and O–H groups in total. The van der Waals surface area contributed by atoms with Gasteiger partial charge < -0.3 is 14.5 Å². The first-order valence-corrected chi connectivity index (χ1v) is 8.11. The first-order chi connectivity index (χ1) is 11.2. The summed E-state index contributed by atoms with van der Waals surface area (Å²) in [4.78, 5) is 18.7.